The Balaban J connectivity index is 2.28. The van der Waals surface area contributed by atoms with E-state index in [0.29, 0.717) is 11.4 Å². The Morgan fingerprint density at radius 2 is 2.14 bits per heavy atom. The van der Waals surface area contributed by atoms with Crippen molar-refractivity contribution in [3.05, 3.63) is 63.7 Å². The molecule has 1 heterocycles. The van der Waals surface area contributed by atoms with Crippen LogP contribution < -0.4 is 5.32 Å². The second kappa shape index (κ2) is 6.30. The molecule has 1 unspecified atom stereocenters. The Morgan fingerprint density at radius 3 is 2.71 bits per heavy atom. The molecule has 0 saturated heterocycles. The third kappa shape index (κ3) is 3.53. The summed E-state index contributed by atoms with van der Waals surface area (Å²) in [6.07, 6.45) is 1.89. The number of anilines is 1. The van der Waals surface area contributed by atoms with Crippen molar-refractivity contribution < 1.29 is 9.31 Å². The fourth-order valence-electron chi connectivity index (χ4n) is 2.05. The third-order valence-electron chi connectivity index (χ3n) is 3.28. The SMILES string of the molecule is CCC(Nc1cc([N+](=O)[O-])ccc1C)c1ccc(F)cn1. The molecule has 0 aliphatic carbocycles. The van der Waals surface area contributed by atoms with Gasteiger partial charge in [-0.15, -0.1) is 0 Å². The van der Waals surface area contributed by atoms with Crippen molar-refractivity contribution in [2.75, 3.05) is 5.32 Å². The minimum Gasteiger partial charge on any atom is -0.376 e. The van der Waals surface area contributed by atoms with Crippen LogP contribution in [0.1, 0.15) is 30.6 Å². The van der Waals surface area contributed by atoms with E-state index < -0.39 is 4.92 Å². The van der Waals surface area contributed by atoms with Gasteiger partial charge in [-0.3, -0.25) is 15.1 Å². The molecule has 0 fully saturated rings. The van der Waals surface area contributed by atoms with Gasteiger partial charge in [0.2, 0.25) is 0 Å². The van der Waals surface area contributed by atoms with Crippen LogP contribution in [-0.2, 0) is 0 Å². The Bertz CT molecular complexity index is 644. The predicted molar refractivity (Wildman–Crippen MR) is 78.7 cm³/mol. The van der Waals surface area contributed by atoms with Crippen LogP contribution in [0.5, 0.6) is 0 Å². The van der Waals surface area contributed by atoms with E-state index in [1.807, 2.05) is 13.8 Å². The summed E-state index contributed by atoms with van der Waals surface area (Å²) in [4.78, 5) is 14.5. The van der Waals surface area contributed by atoms with E-state index in [0.717, 1.165) is 12.0 Å². The molecular weight excluding hydrogens is 273 g/mol. The van der Waals surface area contributed by atoms with E-state index in [-0.39, 0.29) is 17.5 Å². The maximum Gasteiger partial charge on any atom is 0.271 e. The van der Waals surface area contributed by atoms with Crippen LogP contribution in [0.3, 0.4) is 0 Å². The average Bonchev–Trinajstić information content (AvgIpc) is 2.47. The molecule has 1 N–H and O–H groups in total. The molecule has 2 rings (SSSR count). The molecule has 1 atom stereocenters. The van der Waals surface area contributed by atoms with Crippen LogP contribution in [0.2, 0.25) is 0 Å². The number of nitrogens with zero attached hydrogens (tertiary/aromatic N) is 2. The zero-order chi connectivity index (χ0) is 15.4. The van der Waals surface area contributed by atoms with Gasteiger partial charge < -0.3 is 5.32 Å². The number of halogens is 1. The lowest BCUT2D eigenvalue weighted by atomic mass is 10.1. The number of nitro groups is 1. The van der Waals surface area contributed by atoms with Crippen molar-refractivity contribution in [1.29, 1.82) is 0 Å². The number of aromatic nitrogens is 1. The Labute approximate surface area is 122 Å². The van der Waals surface area contributed by atoms with Crippen LogP contribution >= 0.6 is 0 Å². The van der Waals surface area contributed by atoms with E-state index in [1.54, 1.807) is 12.1 Å². The third-order valence-corrected chi connectivity index (χ3v) is 3.28. The molecule has 0 radical (unpaired) electrons. The highest BCUT2D eigenvalue weighted by Crippen LogP contribution is 2.27. The summed E-state index contributed by atoms with van der Waals surface area (Å²) in [5.41, 5.74) is 2.32. The lowest BCUT2D eigenvalue weighted by molar-refractivity contribution is -0.384. The predicted octanol–water partition coefficient (Wildman–Crippen LogP) is 4.00. The highest BCUT2D eigenvalue weighted by molar-refractivity contribution is 5.57. The van der Waals surface area contributed by atoms with Gasteiger partial charge in [0.15, 0.2) is 0 Å². The number of hydrogen-bond donors (Lipinski definition) is 1. The minimum absolute atomic E-state index is 0.0324. The van der Waals surface area contributed by atoms with E-state index in [4.69, 9.17) is 0 Å². The molecular formula is C15H16FN3O2. The largest absolute Gasteiger partial charge is 0.376 e. The summed E-state index contributed by atoms with van der Waals surface area (Å²) < 4.78 is 12.9. The summed E-state index contributed by atoms with van der Waals surface area (Å²) in [6.45, 7) is 3.84. The smallest absolute Gasteiger partial charge is 0.271 e. The second-order valence-corrected chi connectivity index (χ2v) is 4.76. The van der Waals surface area contributed by atoms with E-state index in [1.165, 1.54) is 24.4 Å². The van der Waals surface area contributed by atoms with Crippen LogP contribution in [0, 0.1) is 22.9 Å². The van der Waals surface area contributed by atoms with Gasteiger partial charge in [-0.05, 0) is 31.0 Å². The monoisotopic (exact) mass is 289 g/mol. The first-order valence-electron chi connectivity index (χ1n) is 6.64. The first kappa shape index (κ1) is 14.9. The number of non-ortho nitro benzene ring substituents is 1. The zero-order valence-corrected chi connectivity index (χ0v) is 11.8. The van der Waals surface area contributed by atoms with Gasteiger partial charge in [-0.2, -0.15) is 0 Å². The fourth-order valence-corrected chi connectivity index (χ4v) is 2.05. The number of benzene rings is 1. The van der Waals surface area contributed by atoms with Crippen molar-refractivity contribution in [2.24, 2.45) is 0 Å². The van der Waals surface area contributed by atoms with Crippen LogP contribution in [-0.4, -0.2) is 9.91 Å². The Hall–Kier alpha value is -2.50. The van der Waals surface area contributed by atoms with Crippen molar-refractivity contribution in [3.63, 3.8) is 0 Å². The first-order valence-corrected chi connectivity index (χ1v) is 6.64. The molecule has 0 aliphatic heterocycles. The molecule has 0 bridgehead atoms. The lowest BCUT2D eigenvalue weighted by Crippen LogP contribution is -2.12. The molecule has 6 heteroatoms. The van der Waals surface area contributed by atoms with Gasteiger partial charge >= 0.3 is 0 Å². The normalized spacial score (nSPS) is 12.0. The van der Waals surface area contributed by atoms with Gasteiger partial charge in [0.1, 0.15) is 5.82 Å². The van der Waals surface area contributed by atoms with Crippen molar-refractivity contribution in [1.82, 2.24) is 4.98 Å². The maximum absolute atomic E-state index is 12.9. The number of aryl methyl sites for hydroxylation is 1. The topological polar surface area (TPSA) is 68.1 Å². The average molecular weight is 289 g/mol. The van der Waals surface area contributed by atoms with Crippen molar-refractivity contribution in [2.45, 2.75) is 26.3 Å². The zero-order valence-electron chi connectivity index (χ0n) is 11.8. The van der Waals surface area contributed by atoms with Gasteiger partial charge in [0.25, 0.3) is 5.69 Å². The molecule has 0 saturated carbocycles. The fraction of sp³-hybridized carbons (Fsp3) is 0.267. The standard InChI is InChI=1S/C15H16FN3O2/c1-3-13(14-7-5-11(16)9-17-14)18-15-8-12(19(20)21)6-4-10(15)2/h4-9,13,18H,3H2,1-2H3. The molecule has 1 aromatic carbocycles. The quantitative estimate of drug-likeness (QED) is 0.667. The molecule has 21 heavy (non-hydrogen) atoms. The molecule has 1 aromatic heterocycles. The van der Waals surface area contributed by atoms with Gasteiger partial charge in [-0.25, -0.2) is 4.39 Å². The number of nitro benzene ring substituents is 1. The van der Waals surface area contributed by atoms with Crippen molar-refractivity contribution >= 4 is 11.4 Å². The van der Waals surface area contributed by atoms with E-state index in [9.17, 15) is 14.5 Å². The summed E-state index contributed by atoms with van der Waals surface area (Å²) in [7, 11) is 0. The Kier molecular flexibility index (Phi) is 4.47. The molecule has 0 spiro atoms. The Morgan fingerprint density at radius 1 is 1.38 bits per heavy atom. The molecule has 0 amide bonds. The van der Waals surface area contributed by atoms with Crippen LogP contribution in [0.15, 0.2) is 36.5 Å². The summed E-state index contributed by atoms with van der Waals surface area (Å²) in [5.74, 6) is -0.389. The minimum atomic E-state index is -0.429. The second-order valence-electron chi connectivity index (χ2n) is 4.76. The summed E-state index contributed by atoms with van der Waals surface area (Å²) >= 11 is 0. The number of nitrogens with one attached hydrogen (secondary N) is 1. The van der Waals surface area contributed by atoms with Crippen molar-refractivity contribution in [3.8, 4) is 0 Å². The van der Waals surface area contributed by atoms with Crippen LogP contribution in [0.4, 0.5) is 15.8 Å². The van der Waals surface area contributed by atoms with E-state index in [2.05, 4.69) is 10.3 Å². The van der Waals surface area contributed by atoms with Gasteiger partial charge in [0, 0.05) is 17.8 Å². The maximum atomic E-state index is 12.9. The highest BCUT2D eigenvalue weighted by Gasteiger charge is 2.14. The first-order chi connectivity index (χ1) is 10.0. The molecule has 5 nitrogen and oxygen atoms in total. The number of rotatable bonds is 5. The highest BCUT2D eigenvalue weighted by atomic mass is 19.1. The molecule has 2 aromatic rings. The number of hydrogen-bond acceptors (Lipinski definition) is 4. The molecule has 0 aliphatic rings. The summed E-state index contributed by atoms with van der Waals surface area (Å²) in [5, 5.41) is 14.1. The van der Waals surface area contributed by atoms with E-state index >= 15 is 0 Å². The van der Waals surface area contributed by atoms with Crippen LogP contribution in [0.25, 0.3) is 0 Å². The number of pyridine rings is 1. The van der Waals surface area contributed by atoms with Gasteiger partial charge in [-0.1, -0.05) is 13.0 Å². The van der Waals surface area contributed by atoms with Gasteiger partial charge in [0.05, 0.1) is 22.9 Å². The lowest BCUT2D eigenvalue weighted by Gasteiger charge is -2.19. The molecule has 110 valence electrons. The summed E-state index contributed by atoms with van der Waals surface area (Å²) in [6, 6.07) is 7.51.